The van der Waals surface area contributed by atoms with Crippen molar-refractivity contribution in [3.05, 3.63) is 46.0 Å². The van der Waals surface area contributed by atoms with E-state index >= 15 is 0 Å². The van der Waals surface area contributed by atoms with Crippen LogP contribution in [0.25, 0.3) is 0 Å². The second-order valence-corrected chi connectivity index (χ2v) is 9.97. The lowest BCUT2D eigenvalue weighted by Crippen LogP contribution is -2.43. The zero-order valence-electron chi connectivity index (χ0n) is 19.6. The normalized spacial score (nSPS) is 19.3. The van der Waals surface area contributed by atoms with E-state index in [-0.39, 0.29) is 49.7 Å². The van der Waals surface area contributed by atoms with Gasteiger partial charge < -0.3 is 9.64 Å². The zero-order chi connectivity index (χ0) is 25.7. The Kier molecular flexibility index (Phi) is 6.39. The molecular weight excluding hydrogens is 473 g/mol. The van der Waals surface area contributed by atoms with E-state index in [1.165, 1.54) is 9.80 Å². The third kappa shape index (κ3) is 5.04. The molecule has 0 atom stereocenters. The van der Waals surface area contributed by atoms with Gasteiger partial charge in [0.2, 0.25) is 0 Å². The molecule has 3 heterocycles. The molecule has 0 saturated carbocycles. The molecule has 6 nitrogen and oxygen atoms in total. The Morgan fingerprint density at radius 3 is 2.29 bits per heavy atom. The Labute approximate surface area is 199 Å². The first kappa shape index (κ1) is 25.1. The molecule has 0 spiro atoms. The quantitative estimate of drug-likeness (QED) is 0.555. The number of nitrogens with zero attached hydrogens (tertiary/aromatic N) is 3. The minimum absolute atomic E-state index is 0.150. The average molecular weight is 499 g/mol. The molecule has 190 valence electrons. The van der Waals surface area contributed by atoms with Gasteiger partial charge >= 0.3 is 12.3 Å². The highest BCUT2D eigenvalue weighted by atomic mass is 19.4. The first-order chi connectivity index (χ1) is 16.3. The van der Waals surface area contributed by atoms with Gasteiger partial charge in [0.1, 0.15) is 11.3 Å². The van der Waals surface area contributed by atoms with Gasteiger partial charge in [-0.1, -0.05) is 6.07 Å². The van der Waals surface area contributed by atoms with Crippen molar-refractivity contribution < 1.29 is 36.3 Å². The summed E-state index contributed by atoms with van der Waals surface area (Å²) in [6.45, 7) is 6.42. The van der Waals surface area contributed by atoms with Gasteiger partial charge in [0.05, 0.1) is 18.7 Å². The van der Waals surface area contributed by atoms with Crippen LogP contribution in [0.3, 0.4) is 0 Å². The molecule has 3 aliphatic heterocycles. The van der Waals surface area contributed by atoms with Gasteiger partial charge in [-0.05, 0) is 56.7 Å². The van der Waals surface area contributed by atoms with Crippen LogP contribution in [-0.4, -0.2) is 65.8 Å². The van der Waals surface area contributed by atoms with Gasteiger partial charge in [-0.25, -0.2) is 13.6 Å². The van der Waals surface area contributed by atoms with Crippen LogP contribution in [0.2, 0.25) is 0 Å². The van der Waals surface area contributed by atoms with Crippen molar-refractivity contribution in [2.75, 3.05) is 32.7 Å². The number of likely N-dealkylation sites (tertiary alicyclic amines) is 1. The van der Waals surface area contributed by atoms with E-state index in [0.29, 0.717) is 24.7 Å². The fourth-order valence-electron chi connectivity index (χ4n) is 4.73. The van der Waals surface area contributed by atoms with Gasteiger partial charge in [-0.15, -0.1) is 0 Å². The van der Waals surface area contributed by atoms with Crippen LogP contribution >= 0.6 is 0 Å². The van der Waals surface area contributed by atoms with E-state index < -0.39 is 41.0 Å². The van der Waals surface area contributed by atoms with E-state index in [2.05, 4.69) is 4.99 Å². The van der Waals surface area contributed by atoms with Crippen molar-refractivity contribution in [2.45, 2.75) is 51.3 Å². The van der Waals surface area contributed by atoms with Crippen molar-refractivity contribution in [3.63, 3.8) is 0 Å². The number of piperidine rings is 1. The van der Waals surface area contributed by atoms with Crippen molar-refractivity contribution in [2.24, 2.45) is 4.99 Å². The van der Waals surface area contributed by atoms with Crippen LogP contribution in [0.5, 0.6) is 0 Å². The summed E-state index contributed by atoms with van der Waals surface area (Å²) in [5.74, 6) is -4.46. The van der Waals surface area contributed by atoms with Crippen LogP contribution in [0.4, 0.5) is 26.7 Å². The predicted octanol–water partition coefficient (Wildman–Crippen LogP) is 4.69. The maximum Gasteiger partial charge on any atom is 0.419 e. The highest BCUT2D eigenvalue weighted by Crippen LogP contribution is 2.41. The number of carbonyl (C=O) groups is 2. The molecule has 0 bridgehead atoms. The number of aliphatic imine (C=N–C) groups is 1. The number of alkyl halides is 3. The number of benzene rings is 1. The second-order valence-electron chi connectivity index (χ2n) is 9.97. The lowest BCUT2D eigenvalue weighted by atomic mass is 9.85. The summed E-state index contributed by atoms with van der Waals surface area (Å²) in [5.41, 5.74) is -0.719. The first-order valence-electron chi connectivity index (χ1n) is 11.3. The molecule has 0 N–H and O–H groups in total. The van der Waals surface area contributed by atoms with E-state index in [9.17, 15) is 31.5 Å². The van der Waals surface area contributed by atoms with Gasteiger partial charge in [-0.3, -0.25) is 14.7 Å². The molecule has 0 aromatic heterocycles. The summed E-state index contributed by atoms with van der Waals surface area (Å²) >= 11 is 0. The Morgan fingerprint density at radius 2 is 1.69 bits per heavy atom. The number of hydrogen-bond donors (Lipinski definition) is 0. The number of halogens is 5. The number of rotatable bonds is 2. The lowest BCUT2D eigenvalue weighted by molar-refractivity contribution is -0.141. The summed E-state index contributed by atoms with van der Waals surface area (Å²) in [5, 5.41) is 0. The summed E-state index contributed by atoms with van der Waals surface area (Å²) < 4.78 is 73.2. The first-order valence-corrected chi connectivity index (χ1v) is 11.3. The Bertz CT molecular complexity index is 1110. The number of ether oxygens (including phenoxy) is 1. The van der Waals surface area contributed by atoms with E-state index in [4.69, 9.17) is 4.74 Å². The maximum absolute atomic E-state index is 14.0. The summed E-state index contributed by atoms with van der Waals surface area (Å²) in [6.07, 6.45) is -5.17. The maximum atomic E-state index is 14.0. The van der Waals surface area contributed by atoms with Crippen molar-refractivity contribution in [1.29, 1.82) is 0 Å². The molecule has 1 fully saturated rings. The fourth-order valence-corrected chi connectivity index (χ4v) is 4.73. The summed E-state index contributed by atoms with van der Waals surface area (Å²) in [6, 6.07) is 1.68. The molecule has 2 amide bonds. The number of carbonyl (C=O) groups excluding carboxylic acids is 2. The fraction of sp³-hybridized carbons (Fsp3) is 0.542. The van der Waals surface area contributed by atoms with Crippen molar-refractivity contribution in [1.82, 2.24) is 9.80 Å². The highest BCUT2D eigenvalue weighted by Gasteiger charge is 2.42. The SMILES string of the molecule is CC(C)(C)OC(=O)N1CC2=C(C1)C(C(=O)N1CCC(c3ccc(F)c(F)c3C(F)(F)F)CC1)=NC2. The standard InChI is InChI=1S/C24H26F5N3O3/c1-23(2,3)35-22(34)32-11-14-10-30-20(16(14)12-32)21(33)31-8-6-13(7-9-31)15-4-5-17(25)19(26)18(15)24(27,28)29/h4-5,13H,6-12H2,1-3H3. The number of hydrogen-bond acceptors (Lipinski definition) is 4. The molecule has 4 rings (SSSR count). The topological polar surface area (TPSA) is 62.2 Å². The zero-order valence-corrected chi connectivity index (χ0v) is 19.6. The monoisotopic (exact) mass is 499 g/mol. The van der Waals surface area contributed by atoms with Gasteiger partial charge in [0.25, 0.3) is 5.91 Å². The minimum atomic E-state index is -5.03. The number of amides is 2. The molecule has 1 aromatic carbocycles. The van der Waals surface area contributed by atoms with Crippen LogP contribution in [0, 0.1) is 11.6 Å². The molecule has 0 unspecified atom stereocenters. The minimum Gasteiger partial charge on any atom is -0.444 e. The van der Waals surface area contributed by atoms with Crippen LogP contribution in [-0.2, 0) is 15.7 Å². The van der Waals surface area contributed by atoms with Crippen LogP contribution < -0.4 is 0 Å². The largest absolute Gasteiger partial charge is 0.444 e. The van der Waals surface area contributed by atoms with E-state index in [1.54, 1.807) is 20.8 Å². The Hall–Kier alpha value is -2.98. The smallest absolute Gasteiger partial charge is 0.419 e. The third-order valence-corrected chi connectivity index (χ3v) is 6.36. The highest BCUT2D eigenvalue weighted by molar-refractivity contribution is 6.46. The lowest BCUT2D eigenvalue weighted by Gasteiger charge is -2.33. The van der Waals surface area contributed by atoms with Crippen LogP contribution in [0.15, 0.2) is 28.3 Å². The van der Waals surface area contributed by atoms with E-state index in [0.717, 1.165) is 11.6 Å². The van der Waals surface area contributed by atoms with Crippen molar-refractivity contribution in [3.8, 4) is 0 Å². The Morgan fingerprint density at radius 1 is 1.03 bits per heavy atom. The van der Waals surface area contributed by atoms with Crippen LogP contribution in [0.1, 0.15) is 50.7 Å². The van der Waals surface area contributed by atoms with E-state index in [1.807, 2.05) is 0 Å². The molecule has 1 saturated heterocycles. The summed E-state index contributed by atoms with van der Waals surface area (Å²) in [4.78, 5) is 32.9. The Balaban J connectivity index is 1.41. The average Bonchev–Trinajstić information content (AvgIpc) is 3.34. The molecule has 1 aromatic rings. The molecule has 11 heteroatoms. The second kappa shape index (κ2) is 8.91. The van der Waals surface area contributed by atoms with Gasteiger partial charge in [0, 0.05) is 25.2 Å². The molecular formula is C24H26F5N3O3. The molecule has 35 heavy (non-hydrogen) atoms. The van der Waals surface area contributed by atoms with Gasteiger partial charge in [-0.2, -0.15) is 13.2 Å². The van der Waals surface area contributed by atoms with Crippen molar-refractivity contribution >= 4 is 17.7 Å². The summed E-state index contributed by atoms with van der Waals surface area (Å²) in [7, 11) is 0. The molecule has 3 aliphatic rings. The molecule has 0 radical (unpaired) electrons. The molecule has 0 aliphatic carbocycles. The van der Waals surface area contributed by atoms with Gasteiger partial charge in [0.15, 0.2) is 11.6 Å². The predicted molar refractivity (Wildman–Crippen MR) is 117 cm³/mol. The third-order valence-electron chi connectivity index (χ3n) is 6.36.